The molecule has 0 saturated carbocycles. The van der Waals surface area contributed by atoms with Crippen LogP contribution in [0.1, 0.15) is 29.9 Å². The van der Waals surface area contributed by atoms with Crippen LogP contribution in [0.5, 0.6) is 5.75 Å². The number of nitrogens with one attached hydrogen (secondary N) is 2. The van der Waals surface area contributed by atoms with Gasteiger partial charge in [0.25, 0.3) is 0 Å². The third kappa shape index (κ3) is 5.02. The van der Waals surface area contributed by atoms with Crippen molar-refractivity contribution in [1.29, 1.82) is 0 Å². The molecular weight excluding hydrogens is 362 g/mol. The Morgan fingerprint density at radius 3 is 2.63 bits per heavy atom. The van der Waals surface area contributed by atoms with E-state index in [2.05, 4.69) is 34.6 Å². The lowest BCUT2D eigenvalue weighted by molar-refractivity contribution is -0.121. The fraction of sp³-hybridized carbons (Fsp3) is 0.286. The number of rotatable bonds is 8. The minimum Gasteiger partial charge on any atom is -0.497 e. The minimum atomic E-state index is 0. The second-order valence-corrected chi connectivity index (χ2v) is 6.31. The molecule has 2 aromatic carbocycles. The lowest BCUT2D eigenvalue weighted by atomic mass is 9.90. The van der Waals surface area contributed by atoms with Crippen molar-refractivity contribution in [3.05, 3.63) is 65.9 Å². The van der Waals surface area contributed by atoms with Gasteiger partial charge in [0.2, 0.25) is 5.91 Å². The second-order valence-electron chi connectivity index (χ2n) is 6.31. The van der Waals surface area contributed by atoms with Gasteiger partial charge in [-0.05, 0) is 42.3 Å². The first-order valence-electron chi connectivity index (χ1n) is 8.89. The molecule has 1 unspecified atom stereocenters. The van der Waals surface area contributed by atoms with Crippen LogP contribution in [-0.2, 0) is 4.79 Å². The standard InChI is InChI=1S/C21H25N3O2.ClH/c1-26-16-10-8-15(9-11-16)18(13-24-21(25)7-4-12-22)19-14-23-20-6-3-2-5-17(19)20;/h2-3,5-6,8-11,14,18,23H,4,7,12-13,22H2,1H3,(H,24,25);1H. The van der Waals surface area contributed by atoms with Gasteiger partial charge >= 0.3 is 0 Å². The molecule has 0 aliphatic rings. The highest BCUT2D eigenvalue weighted by atomic mass is 35.5. The van der Waals surface area contributed by atoms with E-state index in [0.29, 0.717) is 25.9 Å². The van der Waals surface area contributed by atoms with Crippen molar-refractivity contribution in [3.8, 4) is 5.75 Å². The zero-order valence-corrected chi connectivity index (χ0v) is 16.2. The summed E-state index contributed by atoms with van der Waals surface area (Å²) in [4.78, 5) is 15.4. The average molecular weight is 388 g/mol. The van der Waals surface area contributed by atoms with Crippen LogP contribution in [0.3, 0.4) is 0 Å². The van der Waals surface area contributed by atoms with Gasteiger partial charge in [0, 0.05) is 36.0 Å². The van der Waals surface area contributed by atoms with Crippen LogP contribution in [0, 0.1) is 0 Å². The van der Waals surface area contributed by atoms with Gasteiger partial charge in [-0.2, -0.15) is 0 Å². The van der Waals surface area contributed by atoms with Crippen molar-refractivity contribution < 1.29 is 9.53 Å². The molecule has 0 saturated heterocycles. The van der Waals surface area contributed by atoms with Gasteiger partial charge in [0.15, 0.2) is 0 Å². The number of hydrogen-bond donors (Lipinski definition) is 3. The summed E-state index contributed by atoms with van der Waals surface area (Å²) in [5.41, 5.74) is 8.89. The number of para-hydroxylation sites is 1. The molecule has 27 heavy (non-hydrogen) atoms. The molecule has 0 fully saturated rings. The summed E-state index contributed by atoms with van der Waals surface area (Å²) in [7, 11) is 1.66. The van der Waals surface area contributed by atoms with Crippen LogP contribution >= 0.6 is 12.4 Å². The highest BCUT2D eigenvalue weighted by Gasteiger charge is 2.19. The van der Waals surface area contributed by atoms with E-state index in [1.54, 1.807) is 7.11 Å². The first kappa shape index (κ1) is 20.8. The van der Waals surface area contributed by atoms with Gasteiger partial charge in [0.05, 0.1) is 7.11 Å². The number of halogens is 1. The fourth-order valence-electron chi connectivity index (χ4n) is 3.19. The summed E-state index contributed by atoms with van der Waals surface area (Å²) in [6.07, 6.45) is 3.19. The van der Waals surface area contributed by atoms with Crippen LogP contribution < -0.4 is 15.8 Å². The summed E-state index contributed by atoms with van der Waals surface area (Å²) in [6, 6.07) is 16.2. The number of amides is 1. The second kappa shape index (κ2) is 10.00. The lowest BCUT2D eigenvalue weighted by Gasteiger charge is -2.18. The van der Waals surface area contributed by atoms with Crippen LogP contribution in [-0.4, -0.2) is 31.1 Å². The molecule has 0 radical (unpaired) electrons. The summed E-state index contributed by atoms with van der Waals surface area (Å²) in [6.45, 7) is 1.06. The molecular formula is C21H26ClN3O2. The number of hydrogen-bond acceptors (Lipinski definition) is 3. The third-order valence-corrected chi connectivity index (χ3v) is 4.63. The number of fused-ring (bicyclic) bond motifs is 1. The van der Waals surface area contributed by atoms with Gasteiger partial charge in [-0.3, -0.25) is 4.79 Å². The number of carbonyl (C=O) groups excluding carboxylic acids is 1. The molecule has 4 N–H and O–H groups in total. The number of benzene rings is 2. The molecule has 1 aromatic heterocycles. The van der Waals surface area contributed by atoms with Gasteiger partial charge in [-0.15, -0.1) is 12.4 Å². The van der Waals surface area contributed by atoms with Gasteiger partial charge in [-0.1, -0.05) is 30.3 Å². The van der Waals surface area contributed by atoms with E-state index >= 15 is 0 Å². The Balaban J connectivity index is 0.00000261. The maximum Gasteiger partial charge on any atom is 0.220 e. The topological polar surface area (TPSA) is 80.1 Å². The maximum atomic E-state index is 12.1. The predicted octanol–water partition coefficient (Wildman–Crippen LogP) is 3.59. The number of carbonyl (C=O) groups is 1. The van der Waals surface area contributed by atoms with Crippen LogP contribution in [0.25, 0.3) is 10.9 Å². The number of nitrogens with two attached hydrogens (primary N) is 1. The molecule has 5 nitrogen and oxygen atoms in total. The molecule has 3 aromatic rings. The number of aromatic amines is 1. The molecule has 0 aliphatic carbocycles. The van der Waals surface area contributed by atoms with Crippen LogP contribution in [0.2, 0.25) is 0 Å². The molecule has 3 rings (SSSR count). The lowest BCUT2D eigenvalue weighted by Crippen LogP contribution is -2.29. The Hall–Kier alpha value is -2.50. The van der Waals surface area contributed by atoms with Gasteiger partial charge < -0.3 is 20.8 Å². The van der Waals surface area contributed by atoms with Crippen molar-refractivity contribution >= 4 is 29.2 Å². The van der Waals surface area contributed by atoms with E-state index in [-0.39, 0.29) is 24.2 Å². The van der Waals surface area contributed by atoms with E-state index < -0.39 is 0 Å². The number of methoxy groups -OCH3 is 1. The Bertz CT molecular complexity index is 861. The smallest absolute Gasteiger partial charge is 0.220 e. The SMILES string of the molecule is COc1ccc(C(CNC(=O)CCCN)c2c[nH]c3ccccc23)cc1.Cl. The molecule has 1 atom stereocenters. The first-order valence-corrected chi connectivity index (χ1v) is 8.89. The van der Waals surface area contributed by atoms with Crippen molar-refractivity contribution in [2.24, 2.45) is 5.73 Å². The Labute approximate surface area is 165 Å². The molecule has 0 spiro atoms. The summed E-state index contributed by atoms with van der Waals surface area (Å²) in [5, 5.41) is 4.23. The fourth-order valence-corrected chi connectivity index (χ4v) is 3.19. The van der Waals surface area contributed by atoms with E-state index in [1.807, 2.05) is 30.5 Å². The van der Waals surface area contributed by atoms with E-state index in [0.717, 1.165) is 16.8 Å². The Morgan fingerprint density at radius 1 is 1.19 bits per heavy atom. The van der Waals surface area contributed by atoms with E-state index in [4.69, 9.17) is 10.5 Å². The van der Waals surface area contributed by atoms with Crippen LogP contribution in [0.15, 0.2) is 54.7 Å². The Morgan fingerprint density at radius 2 is 1.93 bits per heavy atom. The monoisotopic (exact) mass is 387 g/mol. The van der Waals surface area contributed by atoms with Crippen molar-refractivity contribution in [2.45, 2.75) is 18.8 Å². The van der Waals surface area contributed by atoms with E-state index in [9.17, 15) is 4.79 Å². The predicted molar refractivity (Wildman–Crippen MR) is 112 cm³/mol. The Kier molecular flexibility index (Phi) is 7.70. The van der Waals surface area contributed by atoms with Gasteiger partial charge in [0.1, 0.15) is 5.75 Å². The zero-order chi connectivity index (χ0) is 18.4. The van der Waals surface area contributed by atoms with E-state index in [1.165, 1.54) is 10.9 Å². The maximum absolute atomic E-state index is 12.1. The van der Waals surface area contributed by atoms with Crippen molar-refractivity contribution in [1.82, 2.24) is 10.3 Å². The largest absolute Gasteiger partial charge is 0.497 e. The molecule has 1 amide bonds. The number of ether oxygens (including phenoxy) is 1. The highest BCUT2D eigenvalue weighted by Crippen LogP contribution is 2.31. The van der Waals surface area contributed by atoms with Crippen molar-refractivity contribution in [3.63, 3.8) is 0 Å². The minimum absolute atomic E-state index is 0. The molecule has 0 aliphatic heterocycles. The van der Waals surface area contributed by atoms with Crippen LogP contribution in [0.4, 0.5) is 0 Å². The van der Waals surface area contributed by atoms with Gasteiger partial charge in [-0.25, -0.2) is 0 Å². The van der Waals surface area contributed by atoms with Crippen molar-refractivity contribution in [2.75, 3.05) is 20.2 Å². The molecule has 1 heterocycles. The molecule has 6 heteroatoms. The highest BCUT2D eigenvalue weighted by molar-refractivity contribution is 5.85. The quantitative estimate of drug-likeness (QED) is 0.552. The average Bonchev–Trinajstić information content (AvgIpc) is 3.11. The summed E-state index contributed by atoms with van der Waals surface area (Å²) >= 11 is 0. The number of aromatic nitrogens is 1. The normalized spacial score (nSPS) is 11.6. The first-order chi connectivity index (χ1) is 12.7. The summed E-state index contributed by atoms with van der Waals surface area (Å²) in [5.74, 6) is 0.908. The zero-order valence-electron chi connectivity index (χ0n) is 15.4. The number of H-pyrrole nitrogens is 1. The summed E-state index contributed by atoms with van der Waals surface area (Å²) < 4.78 is 5.26. The third-order valence-electron chi connectivity index (χ3n) is 4.63. The molecule has 144 valence electrons. The molecule has 0 bridgehead atoms.